The number of carbonyl (C=O) groups excluding carboxylic acids is 2. The van der Waals surface area contributed by atoms with Crippen LogP contribution in [0.15, 0.2) is 36.8 Å². The van der Waals surface area contributed by atoms with E-state index in [0.717, 1.165) is 30.6 Å². The summed E-state index contributed by atoms with van der Waals surface area (Å²) in [4.78, 5) is 33.3. The third kappa shape index (κ3) is 3.86. The van der Waals surface area contributed by atoms with E-state index >= 15 is 0 Å². The average Bonchev–Trinajstić information content (AvgIpc) is 3.09. The number of likely N-dealkylation sites (tertiary alicyclic amines) is 2. The molecule has 27 heavy (non-hydrogen) atoms. The van der Waals surface area contributed by atoms with Gasteiger partial charge in [-0.05, 0) is 43.4 Å². The van der Waals surface area contributed by atoms with Crippen LogP contribution in [0, 0.1) is 12.8 Å². The highest BCUT2D eigenvalue weighted by Crippen LogP contribution is 2.32. The molecule has 2 aliphatic heterocycles. The standard InChI is InChI=1S/C20H25N5O2/c1-15-6-10-24(22-15)14-20(27)23-9-7-18-17(13-23)4-5-19(26)25(18)12-16-3-2-8-21-11-16/h2-3,6,8,10-11,17-18H,4-5,7,9,12-14H2,1H3/t17-,18+/m1/s1. The lowest BCUT2D eigenvalue weighted by Gasteiger charge is -2.47. The third-order valence-electron chi connectivity index (χ3n) is 5.64. The van der Waals surface area contributed by atoms with E-state index in [1.54, 1.807) is 10.9 Å². The van der Waals surface area contributed by atoms with E-state index in [-0.39, 0.29) is 24.4 Å². The highest BCUT2D eigenvalue weighted by Gasteiger charge is 2.40. The first-order valence-electron chi connectivity index (χ1n) is 9.56. The fourth-order valence-corrected chi connectivity index (χ4v) is 4.26. The number of carbonyl (C=O) groups is 2. The van der Waals surface area contributed by atoms with Gasteiger partial charge in [-0.3, -0.25) is 19.3 Å². The Bertz CT molecular complexity index is 819. The van der Waals surface area contributed by atoms with Gasteiger partial charge in [-0.25, -0.2) is 0 Å². The molecular weight excluding hydrogens is 342 g/mol. The molecule has 0 N–H and O–H groups in total. The molecule has 7 nitrogen and oxygen atoms in total. The van der Waals surface area contributed by atoms with Crippen LogP contribution < -0.4 is 0 Å². The molecule has 0 aliphatic carbocycles. The highest BCUT2D eigenvalue weighted by atomic mass is 16.2. The molecule has 4 heterocycles. The van der Waals surface area contributed by atoms with Crippen LogP contribution >= 0.6 is 0 Å². The number of hydrogen-bond donors (Lipinski definition) is 0. The number of hydrogen-bond acceptors (Lipinski definition) is 4. The summed E-state index contributed by atoms with van der Waals surface area (Å²) in [7, 11) is 0. The van der Waals surface area contributed by atoms with Crippen molar-refractivity contribution in [3.05, 3.63) is 48.0 Å². The number of nitrogens with zero attached hydrogens (tertiary/aromatic N) is 5. The topological polar surface area (TPSA) is 71.3 Å². The SMILES string of the molecule is Cc1ccn(CC(=O)N2CC[C@H]3[C@H](CCC(=O)N3Cc3cccnc3)C2)n1. The van der Waals surface area contributed by atoms with Crippen LogP contribution in [0.3, 0.4) is 0 Å². The summed E-state index contributed by atoms with van der Waals surface area (Å²) in [6.07, 6.45) is 7.66. The van der Waals surface area contributed by atoms with Crippen LogP contribution in [-0.4, -0.2) is 55.5 Å². The Balaban J connectivity index is 1.41. The lowest BCUT2D eigenvalue weighted by atomic mass is 9.83. The maximum Gasteiger partial charge on any atom is 0.244 e. The normalized spacial score (nSPS) is 22.6. The van der Waals surface area contributed by atoms with Crippen LogP contribution in [0.1, 0.15) is 30.5 Å². The second-order valence-corrected chi connectivity index (χ2v) is 7.53. The van der Waals surface area contributed by atoms with E-state index in [0.29, 0.717) is 25.4 Å². The van der Waals surface area contributed by atoms with Gasteiger partial charge in [0.25, 0.3) is 0 Å². The van der Waals surface area contributed by atoms with Crippen LogP contribution in [0.5, 0.6) is 0 Å². The number of aryl methyl sites for hydroxylation is 1. The van der Waals surface area contributed by atoms with Gasteiger partial charge >= 0.3 is 0 Å². The smallest absolute Gasteiger partial charge is 0.244 e. The summed E-state index contributed by atoms with van der Waals surface area (Å²) in [5, 5.41) is 4.31. The molecule has 0 unspecified atom stereocenters. The van der Waals surface area contributed by atoms with E-state index in [1.807, 2.05) is 47.3 Å². The largest absolute Gasteiger partial charge is 0.341 e. The molecule has 0 aromatic carbocycles. The van der Waals surface area contributed by atoms with Crippen molar-refractivity contribution >= 4 is 11.8 Å². The molecule has 142 valence electrons. The molecule has 0 spiro atoms. The van der Waals surface area contributed by atoms with E-state index in [1.165, 1.54) is 0 Å². The summed E-state index contributed by atoms with van der Waals surface area (Å²) in [5.41, 5.74) is 1.97. The van der Waals surface area contributed by atoms with Gasteiger partial charge in [-0.1, -0.05) is 6.07 Å². The summed E-state index contributed by atoms with van der Waals surface area (Å²) in [6.45, 7) is 4.22. The molecule has 2 fully saturated rings. The first-order chi connectivity index (χ1) is 13.1. The third-order valence-corrected chi connectivity index (χ3v) is 5.64. The Labute approximate surface area is 159 Å². The molecule has 0 radical (unpaired) electrons. The number of pyridine rings is 1. The summed E-state index contributed by atoms with van der Waals surface area (Å²) >= 11 is 0. The van der Waals surface area contributed by atoms with Crippen molar-refractivity contribution in [3.8, 4) is 0 Å². The van der Waals surface area contributed by atoms with Crippen LogP contribution in [0.25, 0.3) is 0 Å². The highest BCUT2D eigenvalue weighted by molar-refractivity contribution is 5.78. The van der Waals surface area contributed by atoms with E-state index in [4.69, 9.17) is 0 Å². The molecule has 7 heteroatoms. The minimum atomic E-state index is 0.104. The minimum absolute atomic E-state index is 0.104. The van der Waals surface area contributed by atoms with Gasteiger partial charge < -0.3 is 9.80 Å². The monoisotopic (exact) mass is 367 g/mol. The predicted molar refractivity (Wildman–Crippen MR) is 99.5 cm³/mol. The fourth-order valence-electron chi connectivity index (χ4n) is 4.26. The molecule has 0 saturated carbocycles. The van der Waals surface area contributed by atoms with E-state index in [2.05, 4.69) is 10.1 Å². The Morgan fingerprint density at radius 2 is 2.19 bits per heavy atom. The van der Waals surface area contributed by atoms with E-state index in [9.17, 15) is 9.59 Å². The average molecular weight is 367 g/mol. The fraction of sp³-hybridized carbons (Fsp3) is 0.500. The molecule has 4 rings (SSSR count). The number of fused-ring (bicyclic) bond motifs is 1. The van der Waals surface area contributed by atoms with Crippen molar-refractivity contribution in [2.45, 2.75) is 45.3 Å². The molecule has 2 amide bonds. The molecule has 0 bridgehead atoms. The first kappa shape index (κ1) is 17.7. The quantitative estimate of drug-likeness (QED) is 0.823. The predicted octanol–water partition coefficient (Wildman–Crippen LogP) is 1.63. The second kappa shape index (κ2) is 7.50. The van der Waals surface area contributed by atoms with Crippen molar-refractivity contribution in [2.24, 2.45) is 5.92 Å². The van der Waals surface area contributed by atoms with Gasteiger partial charge in [0.05, 0.1) is 5.69 Å². The molecule has 2 saturated heterocycles. The molecule has 2 aromatic heterocycles. The number of rotatable bonds is 4. The van der Waals surface area contributed by atoms with Gasteiger partial charge in [0.15, 0.2) is 0 Å². The van der Waals surface area contributed by atoms with Crippen LogP contribution in [-0.2, 0) is 22.7 Å². The number of aromatic nitrogens is 3. The second-order valence-electron chi connectivity index (χ2n) is 7.53. The minimum Gasteiger partial charge on any atom is -0.341 e. The van der Waals surface area contributed by atoms with Crippen molar-refractivity contribution < 1.29 is 9.59 Å². The van der Waals surface area contributed by atoms with Gasteiger partial charge in [-0.15, -0.1) is 0 Å². The van der Waals surface area contributed by atoms with Crippen LogP contribution in [0.4, 0.5) is 0 Å². The Morgan fingerprint density at radius 1 is 1.30 bits per heavy atom. The maximum absolute atomic E-state index is 12.7. The number of amides is 2. The summed E-state index contributed by atoms with van der Waals surface area (Å²) in [6, 6.07) is 6.03. The molecule has 2 aromatic rings. The first-order valence-corrected chi connectivity index (χ1v) is 9.56. The van der Waals surface area contributed by atoms with Gasteiger partial charge in [-0.2, -0.15) is 5.10 Å². The van der Waals surface area contributed by atoms with Crippen molar-refractivity contribution in [3.63, 3.8) is 0 Å². The van der Waals surface area contributed by atoms with Crippen molar-refractivity contribution in [1.29, 1.82) is 0 Å². The number of piperidine rings is 2. The van der Waals surface area contributed by atoms with Crippen LogP contribution in [0.2, 0.25) is 0 Å². The zero-order valence-electron chi connectivity index (χ0n) is 15.6. The van der Waals surface area contributed by atoms with Gasteiger partial charge in [0, 0.05) is 50.7 Å². The van der Waals surface area contributed by atoms with Gasteiger partial charge in [0.1, 0.15) is 6.54 Å². The Hall–Kier alpha value is -2.70. The van der Waals surface area contributed by atoms with Crippen molar-refractivity contribution in [2.75, 3.05) is 13.1 Å². The Kier molecular flexibility index (Phi) is 4.92. The molecule has 2 aliphatic rings. The zero-order valence-corrected chi connectivity index (χ0v) is 15.6. The molecule has 2 atom stereocenters. The van der Waals surface area contributed by atoms with E-state index < -0.39 is 0 Å². The lowest BCUT2D eigenvalue weighted by Crippen LogP contribution is -2.56. The Morgan fingerprint density at radius 3 is 2.93 bits per heavy atom. The zero-order chi connectivity index (χ0) is 18.8. The van der Waals surface area contributed by atoms with Gasteiger partial charge in [0.2, 0.25) is 11.8 Å². The maximum atomic E-state index is 12.7. The molecular formula is C20H25N5O2. The summed E-state index contributed by atoms with van der Waals surface area (Å²) in [5.74, 6) is 0.663. The lowest BCUT2D eigenvalue weighted by molar-refractivity contribution is -0.145. The van der Waals surface area contributed by atoms with Crippen molar-refractivity contribution in [1.82, 2.24) is 24.6 Å². The summed E-state index contributed by atoms with van der Waals surface area (Å²) < 4.78 is 1.70.